The summed E-state index contributed by atoms with van der Waals surface area (Å²) < 4.78 is 6.02. The normalized spacial score (nSPS) is 7.87. The van der Waals surface area contributed by atoms with Crippen LogP contribution in [0.4, 0.5) is 0 Å². The molecule has 0 saturated carbocycles. The molecule has 1 aromatic rings. The zero-order valence-electron chi connectivity index (χ0n) is 10.5. The molecule has 0 bridgehead atoms. The number of ether oxygens (including phenoxy) is 1. The van der Waals surface area contributed by atoms with Gasteiger partial charge in [-0.05, 0) is 24.3 Å². The Balaban J connectivity index is 0. The number of halogens is 1. The Morgan fingerprint density at radius 3 is 1.67 bits per heavy atom. The summed E-state index contributed by atoms with van der Waals surface area (Å²) in [6, 6.07) is 7.70. The van der Waals surface area contributed by atoms with Gasteiger partial charge in [0.1, 0.15) is 5.75 Å². The molecule has 0 heterocycles. The Kier molecular flexibility index (Phi) is 15.2. The molecule has 0 aromatic heterocycles. The predicted octanol–water partition coefficient (Wildman–Crippen LogP) is 5.29. The molecule has 0 aliphatic rings. The van der Waals surface area contributed by atoms with Crippen molar-refractivity contribution in [3.63, 3.8) is 0 Å². The van der Waals surface area contributed by atoms with Crippen LogP contribution in [0.2, 0.25) is 0 Å². The minimum atomic E-state index is 0.887. The van der Waals surface area contributed by atoms with Crippen molar-refractivity contribution in [3.05, 3.63) is 28.7 Å². The van der Waals surface area contributed by atoms with Gasteiger partial charge < -0.3 is 4.74 Å². The van der Waals surface area contributed by atoms with E-state index in [1.807, 2.05) is 38.1 Å². The van der Waals surface area contributed by atoms with E-state index >= 15 is 0 Å². The zero-order valence-corrected chi connectivity index (χ0v) is 12.1. The van der Waals surface area contributed by atoms with E-state index in [0.29, 0.717) is 0 Å². The molecule has 0 aliphatic carbocycles. The number of hydrogen-bond donors (Lipinski definition) is 0. The Bertz CT molecular complexity index is 204. The van der Waals surface area contributed by atoms with Crippen LogP contribution in [0, 0.1) is 0 Å². The van der Waals surface area contributed by atoms with Crippen molar-refractivity contribution < 1.29 is 4.74 Å². The van der Waals surface area contributed by atoms with Crippen molar-refractivity contribution >= 4 is 15.9 Å². The lowest BCUT2D eigenvalue weighted by atomic mass is 10.3. The maximum absolute atomic E-state index is 4.95. The van der Waals surface area contributed by atoms with Crippen molar-refractivity contribution in [1.29, 1.82) is 0 Å². The maximum atomic E-state index is 4.95. The van der Waals surface area contributed by atoms with Gasteiger partial charge in [-0.25, -0.2) is 0 Å². The molecular formula is C13H23BrO. The van der Waals surface area contributed by atoms with Crippen LogP contribution in [0.1, 0.15) is 40.5 Å². The smallest absolute Gasteiger partial charge is 0.118 e. The summed E-state index contributed by atoms with van der Waals surface area (Å²) in [6.45, 7) is 8.36. The first-order valence-corrected chi connectivity index (χ1v) is 6.33. The lowest BCUT2D eigenvalue weighted by molar-refractivity contribution is 0.414. The first kappa shape index (κ1) is 16.9. The lowest BCUT2D eigenvalue weighted by Crippen LogP contribution is -1.79. The van der Waals surface area contributed by atoms with E-state index in [4.69, 9.17) is 4.74 Å². The van der Waals surface area contributed by atoms with E-state index in [1.54, 1.807) is 7.11 Å². The van der Waals surface area contributed by atoms with Crippen LogP contribution in [-0.2, 0) is 0 Å². The van der Waals surface area contributed by atoms with Crippen molar-refractivity contribution in [2.75, 3.05) is 7.11 Å². The van der Waals surface area contributed by atoms with Crippen LogP contribution in [0.3, 0.4) is 0 Å². The number of methoxy groups -OCH3 is 1. The second kappa shape index (κ2) is 13.5. The van der Waals surface area contributed by atoms with Crippen molar-refractivity contribution in [2.24, 2.45) is 0 Å². The van der Waals surface area contributed by atoms with Crippen molar-refractivity contribution in [3.8, 4) is 5.75 Å². The fourth-order valence-electron chi connectivity index (χ4n) is 0.571. The molecule has 0 fully saturated rings. The molecule has 0 unspecified atom stereocenters. The van der Waals surface area contributed by atoms with Gasteiger partial charge in [0.2, 0.25) is 0 Å². The number of hydrogen-bond acceptors (Lipinski definition) is 1. The largest absolute Gasteiger partial charge is 0.497 e. The summed E-state index contributed by atoms with van der Waals surface area (Å²) in [6.07, 6.45) is 2.64. The molecule has 1 rings (SSSR count). The van der Waals surface area contributed by atoms with Gasteiger partial charge in [-0.2, -0.15) is 0 Å². The van der Waals surface area contributed by atoms with Gasteiger partial charge in [-0.1, -0.05) is 56.5 Å². The molecule has 2 heteroatoms. The molecule has 0 aliphatic heterocycles. The SMILES string of the molecule is CC.CCCC.COc1ccc(Br)cc1. The van der Waals surface area contributed by atoms with Crippen molar-refractivity contribution in [1.82, 2.24) is 0 Å². The monoisotopic (exact) mass is 274 g/mol. The Hall–Kier alpha value is -0.500. The highest BCUT2D eigenvalue weighted by molar-refractivity contribution is 9.10. The van der Waals surface area contributed by atoms with Gasteiger partial charge in [0.25, 0.3) is 0 Å². The average Bonchev–Trinajstić information content (AvgIpc) is 2.33. The molecule has 0 radical (unpaired) electrons. The minimum absolute atomic E-state index is 0.887. The van der Waals surface area contributed by atoms with Crippen LogP contribution in [0.5, 0.6) is 5.75 Å². The molecule has 15 heavy (non-hydrogen) atoms. The van der Waals surface area contributed by atoms with Crippen LogP contribution >= 0.6 is 15.9 Å². The Morgan fingerprint density at radius 1 is 1.00 bits per heavy atom. The second-order valence-electron chi connectivity index (χ2n) is 2.66. The van der Waals surface area contributed by atoms with E-state index in [0.717, 1.165) is 10.2 Å². The molecule has 88 valence electrons. The topological polar surface area (TPSA) is 9.23 Å². The van der Waals surface area contributed by atoms with Gasteiger partial charge in [-0.15, -0.1) is 0 Å². The number of unbranched alkanes of at least 4 members (excludes halogenated alkanes) is 1. The minimum Gasteiger partial charge on any atom is -0.497 e. The molecule has 0 atom stereocenters. The van der Waals surface area contributed by atoms with E-state index in [2.05, 4.69) is 29.8 Å². The standard InChI is InChI=1S/C7H7BrO.C4H10.C2H6/c1-9-7-4-2-6(8)3-5-7;1-3-4-2;1-2/h2-5H,1H3;3-4H2,1-2H3;1-2H3. The molecule has 0 saturated heterocycles. The van der Waals surface area contributed by atoms with E-state index in [-0.39, 0.29) is 0 Å². The fourth-order valence-corrected chi connectivity index (χ4v) is 0.835. The zero-order chi connectivity index (χ0) is 12.1. The summed E-state index contributed by atoms with van der Waals surface area (Å²) in [5.74, 6) is 0.887. The van der Waals surface area contributed by atoms with Crippen LogP contribution in [0.15, 0.2) is 28.7 Å². The molecule has 1 nitrogen and oxygen atoms in total. The Morgan fingerprint density at radius 2 is 1.40 bits per heavy atom. The number of benzene rings is 1. The summed E-state index contributed by atoms with van der Waals surface area (Å²) in [7, 11) is 1.66. The molecule has 0 N–H and O–H groups in total. The lowest BCUT2D eigenvalue weighted by Gasteiger charge is -1.96. The van der Waals surface area contributed by atoms with Crippen LogP contribution < -0.4 is 4.74 Å². The van der Waals surface area contributed by atoms with Gasteiger partial charge in [-0.3, -0.25) is 0 Å². The van der Waals surface area contributed by atoms with Gasteiger partial charge in [0.15, 0.2) is 0 Å². The van der Waals surface area contributed by atoms with E-state index in [1.165, 1.54) is 12.8 Å². The molecular weight excluding hydrogens is 252 g/mol. The molecule has 1 aromatic carbocycles. The quantitative estimate of drug-likeness (QED) is 0.712. The van der Waals surface area contributed by atoms with E-state index in [9.17, 15) is 0 Å². The third kappa shape index (κ3) is 11.4. The molecule has 0 spiro atoms. The first-order chi connectivity index (χ1) is 7.24. The van der Waals surface area contributed by atoms with Crippen LogP contribution in [0.25, 0.3) is 0 Å². The maximum Gasteiger partial charge on any atom is 0.118 e. The first-order valence-electron chi connectivity index (χ1n) is 5.54. The van der Waals surface area contributed by atoms with E-state index < -0.39 is 0 Å². The third-order valence-corrected chi connectivity index (χ3v) is 2.08. The summed E-state index contributed by atoms with van der Waals surface area (Å²) in [5, 5.41) is 0. The van der Waals surface area contributed by atoms with Crippen LogP contribution in [-0.4, -0.2) is 7.11 Å². The third-order valence-electron chi connectivity index (χ3n) is 1.55. The summed E-state index contributed by atoms with van der Waals surface area (Å²) >= 11 is 3.32. The van der Waals surface area contributed by atoms with Gasteiger partial charge >= 0.3 is 0 Å². The fraction of sp³-hybridized carbons (Fsp3) is 0.538. The van der Waals surface area contributed by atoms with Crippen molar-refractivity contribution in [2.45, 2.75) is 40.5 Å². The highest BCUT2D eigenvalue weighted by atomic mass is 79.9. The highest BCUT2D eigenvalue weighted by Crippen LogP contribution is 2.14. The summed E-state index contributed by atoms with van der Waals surface area (Å²) in [4.78, 5) is 0. The average molecular weight is 275 g/mol. The molecule has 0 amide bonds. The highest BCUT2D eigenvalue weighted by Gasteiger charge is 1.86. The number of rotatable bonds is 2. The second-order valence-corrected chi connectivity index (χ2v) is 3.57. The van der Waals surface area contributed by atoms with Gasteiger partial charge in [0.05, 0.1) is 7.11 Å². The predicted molar refractivity (Wildman–Crippen MR) is 72.6 cm³/mol. The summed E-state index contributed by atoms with van der Waals surface area (Å²) in [5.41, 5.74) is 0. The Labute approximate surface area is 103 Å². The van der Waals surface area contributed by atoms with Gasteiger partial charge in [0, 0.05) is 4.47 Å².